The van der Waals surface area contributed by atoms with Gasteiger partial charge in [0.15, 0.2) is 0 Å². The number of ether oxygens (including phenoxy) is 1. The molecule has 0 bridgehead atoms. The van der Waals surface area contributed by atoms with Gasteiger partial charge in [0.2, 0.25) is 0 Å². The molecule has 0 aliphatic carbocycles. The van der Waals surface area contributed by atoms with Crippen molar-refractivity contribution in [2.45, 2.75) is 18.9 Å². The molecule has 2 aromatic heterocycles. The maximum atomic E-state index is 13.5. The minimum Gasteiger partial charge on any atom is -0.497 e. The first-order chi connectivity index (χ1) is 15.7. The van der Waals surface area contributed by atoms with Crippen LogP contribution in [0.25, 0.3) is 21.3 Å². The van der Waals surface area contributed by atoms with Crippen molar-refractivity contribution in [2.24, 2.45) is 0 Å². The standard InChI is InChI=1S/C25H25FN4OS/c1-31-20-10-6-18(7-11-20)22(14-30-12-2-3-13-30)29-24-23-21(15-32-25(23)28-16-27-24)17-4-8-19(26)9-5-17/h4-11,15-16,22H,2-3,12-14H2,1H3,(H,27,28,29). The average Bonchev–Trinajstić information content (AvgIpc) is 3.50. The van der Waals surface area contributed by atoms with E-state index >= 15 is 0 Å². The molecular formula is C25H25FN4OS. The molecule has 1 aliphatic heterocycles. The largest absolute Gasteiger partial charge is 0.497 e. The molecule has 0 spiro atoms. The zero-order valence-corrected chi connectivity index (χ0v) is 18.7. The van der Waals surface area contributed by atoms with Gasteiger partial charge < -0.3 is 15.0 Å². The van der Waals surface area contributed by atoms with Gasteiger partial charge >= 0.3 is 0 Å². The fourth-order valence-corrected chi connectivity index (χ4v) is 5.20. The van der Waals surface area contributed by atoms with Gasteiger partial charge in [-0.2, -0.15) is 0 Å². The van der Waals surface area contributed by atoms with E-state index in [1.807, 2.05) is 12.1 Å². The predicted molar refractivity (Wildman–Crippen MR) is 128 cm³/mol. The third-order valence-electron chi connectivity index (χ3n) is 5.99. The molecule has 5 nitrogen and oxygen atoms in total. The van der Waals surface area contributed by atoms with Crippen LogP contribution in [0.1, 0.15) is 24.4 Å². The zero-order valence-electron chi connectivity index (χ0n) is 17.9. The van der Waals surface area contributed by atoms with Crippen molar-refractivity contribution < 1.29 is 9.13 Å². The van der Waals surface area contributed by atoms with E-state index < -0.39 is 0 Å². The summed E-state index contributed by atoms with van der Waals surface area (Å²) in [6.07, 6.45) is 4.09. The van der Waals surface area contributed by atoms with Crippen LogP contribution in [0.2, 0.25) is 0 Å². The number of halogens is 1. The average molecular weight is 449 g/mol. The van der Waals surface area contributed by atoms with Crippen molar-refractivity contribution in [3.05, 3.63) is 71.6 Å². The highest BCUT2D eigenvalue weighted by Crippen LogP contribution is 2.38. The van der Waals surface area contributed by atoms with Crippen LogP contribution in [0.4, 0.5) is 10.2 Å². The number of methoxy groups -OCH3 is 1. The molecule has 32 heavy (non-hydrogen) atoms. The number of hydrogen-bond acceptors (Lipinski definition) is 6. The molecule has 7 heteroatoms. The maximum Gasteiger partial charge on any atom is 0.139 e. The number of hydrogen-bond donors (Lipinski definition) is 1. The smallest absolute Gasteiger partial charge is 0.139 e. The molecule has 0 amide bonds. The summed E-state index contributed by atoms with van der Waals surface area (Å²) in [7, 11) is 1.68. The van der Waals surface area contributed by atoms with Gasteiger partial charge in [0.05, 0.1) is 18.5 Å². The monoisotopic (exact) mass is 448 g/mol. The number of aromatic nitrogens is 2. The number of nitrogens with one attached hydrogen (secondary N) is 1. The molecule has 4 aromatic rings. The van der Waals surface area contributed by atoms with Gasteiger partial charge in [0.25, 0.3) is 0 Å². The predicted octanol–water partition coefficient (Wildman–Crippen LogP) is 5.76. The first-order valence-electron chi connectivity index (χ1n) is 10.8. The quantitative estimate of drug-likeness (QED) is 0.390. The summed E-state index contributed by atoms with van der Waals surface area (Å²) in [6, 6.07) is 14.9. The highest BCUT2D eigenvalue weighted by molar-refractivity contribution is 7.17. The SMILES string of the molecule is COc1ccc(C(CN2CCCC2)Nc2ncnc3scc(-c4ccc(F)cc4)c23)cc1. The lowest BCUT2D eigenvalue weighted by Crippen LogP contribution is -2.29. The Morgan fingerprint density at radius 2 is 1.81 bits per heavy atom. The number of likely N-dealkylation sites (tertiary alicyclic amines) is 1. The van der Waals surface area contributed by atoms with Crippen molar-refractivity contribution in [3.63, 3.8) is 0 Å². The minimum absolute atomic E-state index is 0.0677. The molecular weight excluding hydrogens is 423 g/mol. The van der Waals surface area contributed by atoms with Crippen molar-refractivity contribution in [3.8, 4) is 16.9 Å². The lowest BCUT2D eigenvalue weighted by Gasteiger charge is -2.26. The van der Waals surface area contributed by atoms with Crippen LogP contribution < -0.4 is 10.1 Å². The fraction of sp³-hybridized carbons (Fsp3) is 0.280. The number of thiophene rings is 1. The number of benzene rings is 2. The van der Waals surface area contributed by atoms with Crippen LogP contribution in [-0.4, -0.2) is 41.6 Å². The van der Waals surface area contributed by atoms with Crippen LogP contribution in [-0.2, 0) is 0 Å². The number of fused-ring (bicyclic) bond motifs is 1. The second-order valence-corrected chi connectivity index (χ2v) is 8.89. The van der Waals surface area contributed by atoms with Crippen LogP contribution in [0.5, 0.6) is 5.75 Å². The van der Waals surface area contributed by atoms with Gasteiger partial charge in [-0.15, -0.1) is 11.3 Å². The molecule has 1 aliphatic rings. The number of rotatable bonds is 7. The van der Waals surface area contributed by atoms with Crippen molar-refractivity contribution >= 4 is 27.4 Å². The lowest BCUT2D eigenvalue weighted by molar-refractivity contribution is 0.323. The molecule has 1 saturated heterocycles. The fourth-order valence-electron chi connectivity index (χ4n) is 4.29. The Bertz CT molecular complexity index is 1190. The molecule has 3 heterocycles. The van der Waals surface area contributed by atoms with E-state index in [2.05, 4.69) is 37.7 Å². The third-order valence-corrected chi connectivity index (χ3v) is 6.88. The summed E-state index contributed by atoms with van der Waals surface area (Å²) in [4.78, 5) is 12.5. The van der Waals surface area contributed by atoms with E-state index in [9.17, 15) is 4.39 Å². The van der Waals surface area contributed by atoms with Gasteiger partial charge in [-0.25, -0.2) is 14.4 Å². The Balaban J connectivity index is 1.52. The Labute approximate surface area is 190 Å². The first-order valence-corrected chi connectivity index (χ1v) is 11.7. The summed E-state index contributed by atoms with van der Waals surface area (Å²) >= 11 is 1.58. The molecule has 1 atom stereocenters. The van der Waals surface area contributed by atoms with Gasteiger partial charge in [-0.05, 0) is 61.3 Å². The third kappa shape index (κ3) is 4.31. The van der Waals surface area contributed by atoms with Gasteiger partial charge in [0, 0.05) is 17.5 Å². The zero-order chi connectivity index (χ0) is 21.9. The topological polar surface area (TPSA) is 50.3 Å². The molecule has 0 saturated carbocycles. The van der Waals surface area contributed by atoms with Gasteiger partial charge in [-0.1, -0.05) is 24.3 Å². The molecule has 2 aromatic carbocycles. The molecule has 0 radical (unpaired) electrons. The Morgan fingerprint density at radius 3 is 2.53 bits per heavy atom. The summed E-state index contributed by atoms with van der Waals surface area (Å²) < 4.78 is 18.8. The molecule has 1 fully saturated rings. The molecule has 1 unspecified atom stereocenters. The van der Waals surface area contributed by atoms with E-state index in [4.69, 9.17) is 4.74 Å². The number of nitrogens with zero attached hydrogens (tertiary/aromatic N) is 3. The van der Waals surface area contributed by atoms with Crippen LogP contribution in [0, 0.1) is 5.82 Å². The lowest BCUT2D eigenvalue weighted by atomic mass is 10.0. The van der Waals surface area contributed by atoms with Crippen molar-refractivity contribution in [2.75, 3.05) is 32.1 Å². The van der Waals surface area contributed by atoms with Crippen molar-refractivity contribution in [1.82, 2.24) is 14.9 Å². The Hall–Kier alpha value is -3.03. The molecule has 5 rings (SSSR count). The second kappa shape index (κ2) is 9.22. The second-order valence-electron chi connectivity index (χ2n) is 8.04. The highest BCUT2D eigenvalue weighted by atomic mass is 32.1. The summed E-state index contributed by atoms with van der Waals surface area (Å²) in [5, 5.41) is 6.76. The minimum atomic E-state index is -0.243. The van der Waals surface area contributed by atoms with Crippen LogP contribution in [0.3, 0.4) is 0 Å². The van der Waals surface area contributed by atoms with Crippen molar-refractivity contribution in [1.29, 1.82) is 0 Å². The first kappa shape index (κ1) is 20.8. The molecule has 1 N–H and O–H groups in total. The summed E-state index contributed by atoms with van der Waals surface area (Å²) in [5.74, 6) is 1.40. The molecule has 164 valence electrons. The Kier molecular flexibility index (Phi) is 6.01. The van der Waals surface area contributed by atoms with Crippen LogP contribution in [0.15, 0.2) is 60.2 Å². The van der Waals surface area contributed by atoms with Crippen LogP contribution >= 0.6 is 11.3 Å². The van der Waals surface area contributed by atoms with E-state index in [0.717, 1.165) is 52.5 Å². The van der Waals surface area contributed by atoms with Gasteiger partial charge in [0.1, 0.15) is 28.5 Å². The maximum absolute atomic E-state index is 13.5. The van der Waals surface area contributed by atoms with E-state index in [1.165, 1.54) is 30.5 Å². The van der Waals surface area contributed by atoms with E-state index in [-0.39, 0.29) is 11.9 Å². The Morgan fingerprint density at radius 1 is 1.06 bits per heavy atom. The normalized spacial score (nSPS) is 15.2. The number of anilines is 1. The van der Waals surface area contributed by atoms with E-state index in [0.29, 0.717) is 0 Å². The van der Waals surface area contributed by atoms with Gasteiger partial charge in [-0.3, -0.25) is 0 Å². The van der Waals surface area contributed by atoms with E-state index in [1.54, 1.807) is 36.9 Å². The highest BCUT2D eigenvalue weighted by Gasteiger charge is 2.22. The summed E-state index contributed by atoms with van der Waals surface area (Å²) in [6.45, 7) is 3.13. The summed E-state index contributed by atoms with van der Waals surface area (Å²) in [5.41, 5.74) is 3.15.